The van der Waals surface area contributed by atoms with Crippen LogP contribution in [0.5, 0.6) is 0 Å². The highest BCUT2D eigenvalue weighted by Gasteiger charge is 2.08. The van der Waals surface area contributed by atoms with Crippen LogP contribution in [-0.4, -0.2) is 10.5 Å². The van der Waals surface area contributed by atoms with Crippen molar-refractivity contribution < 1.29 is 4.79 Å². The zero-order valence-electron chi connectivity index (χ0n) is 12.0. The minimum absolute atomic E-state index is 0.0493. The van der Waals surface area contributed by atoms with Crippen molar-refractivity contribution >= 4 is 21.8 Å². The molecule has 0 radical (unpaired) electrons. The van der Waals surface area contributed by atoms with Crippen LogP contribution in [0, 0.1) is 13.8 Å². The monoisotopic (exact) mass is 334 g/mol. The summed E-state index contributed by atoms with van der Waals surface area (Å²) in [6.07, 6.45) is 0.415. The molecular formula is C16H19BrN2O. The Hall–Kier alpha value is -1.55. The molecule has 1 amide bonds. The van der Waals surface area contributed by atoms with Gasteiger partial charge in [0.15, 0.2) is 0 Å². The fourth-order valence-electron chi connectivity index (χ4n) is 2.16. The number of nitrogens with one attached hydrogen (secondary N) is 1. The van der Waals surface area contributed by atoms with Crippen molar-refractivity contribution in [3.05, 3.63) is 57.3 Å². The van der Waals surface area contributed by atoms with Crippen molar-refractivity contribution in [2.75, 3.05) is 0 Å². The number of rotatable bonds is 4. The topological polar surface area (TPSA) is 34.0 Å². The molecule has 1 aromatic carbocycles. The maximum Gasteiger partial charge on any atom is 0.224 e. The Labute approximate surface area is 128 Å². The summed E-state index contributed by atoms with van der Waals surface area (Å²) in [6.45, 7) is 4.73. The highest BCUT2D eigenvalue weighted by molar-refractivity contribution is 9.10. The summed E-state index contributed by atoms with van der Waals surface area (Å²) < 4.78 is 3.16. The van der Waals surface area contributed by atoms with E-state index >= 15 is 0 Å². The van der Waals surface area contributed by atoms with Crippen LogP contribution in [-0.2, 0) is 24.8 Å². The molecule has 0 saturated carbocycles. The third kappa shape index (κ3) is 3.51. The largest absolute Gasteiger partial charge is 0.352 e. The molecule has 1 N–H and O–H groups in total. The van der Waals surface area contributed by atoms with E-state index in [9.17, 15) is 4.79 Å². The molecule has 0 aliphatic heterocycles. The minimum atomic E-state index is 0.0493. The van der Waals surface area contributed by atoms with E-state index in [2.05, 4.69) is 45.7 Å². The second-order valence-corrected chi connectivity index (χ2v) is 5.95. The average Bonchev–Trinajstić information content (AvgIpc) is 2.66. The van der Waals surface area contributed by atoms with Crippen LogP contribution in [0.15, 0.2) is 34.8 Å². The van der Waals surface area contributed by atoms with Crippen LogP contribution in [0.4, 0.5) is 0 Å². The number of carbonyl (C=O) groups is 1. The summed E-state index contributed by atoms with van der Waals surface area (Å²) in [5.74, 6) is 0.0493. The fraction of sp³-hybridized carbons (Fsp3) is 0.312. The van der Waals surface area contributed by atoms with E-state index in [1.807, 2.05) is 31.3 Å². The van der Waals surface area contributed by atoms with Gasteiger partial charge in [-0.3, -0.25) is 4.79 Å². The highest BCUT2D eigenvalue weighted by Crippen LogP contribution is 2.13. The van der Waals surface area contributed by atoms with Gasteiger partial charge >= 0.3 is 0 Å². The molecule has 3 nitrogen and oxygen atoms in total. The SMILES string of the molecule is Cc1cc(CNC(=O)Cc2ccc(Br)cc2)c(C)n1C. The Bertz CT molecular complexity index is 614. The smallest absolute Gasteiger partial charge is 0.224 e. The molecule has 2 rings (SSSR count). The van der Waals surface area contributed by atoms with Gasteiger partial charge in [0.25, 0.3) is 0 Å². The van der Waals surface area contributed by atoms with Crippen LogP contribution >= 0.6 is 15.9 Å². The van der Waals surface area contributed by atoms with Crippen molar-refractivity contribution in [2.45, 2.75) is 26.8 Å². The second-order valence-electron chi connectivity index (χ2n) is 5.04. The van der Waals surface area contributed by atoms with Gasteiger partial charge in [-0.25, -0.2) is 0 Å². The van der Waals surface area contributed by atoms with Crippen LogP contribution in [0.2, 0.25) is 0 Å². The number of amides is 1. The van der Waals surface area contributed by atoms with Crippen molar-refractivity contribution in [1.82, 2.24) is 9.88 Å². The molecular weight excluding hydrogens is 316 g/mol. The number of benzene rings is 1. The van der Waals surface area contributed by atoms with Crippen LogP contribution in [0.25, 0.3) is 0 Å². The number of nitrogens with zero attached hydrogens (tertiary/aromatic N) is 1. The van der Waals surface area contributed by atoms with Gasteiger partial charge in [0.1, 0.15) is 0 Å². The lowest BCUT2D eigenvalue weighted by atomic mass is 10.1. The zero-order chi connectivity index (χ0) is 14.7. The standard InChI is InChI=1S/C16H19BrN2O/c1-11-8-14(12(2)19(11)3)10-18-16(20)9-13-4-6-15(17)7-5-13/h4-8H,9-10H2,1-3H3,(H,18,20). The number of carbonyl (C=O) groups excluding carboxylic acids is 1. The first-order chi connectivity index (χ1) is 9.47. The van der Waals surface area contributed by atoms with E-state index in [-0.39, 0.29) is 5.91 Å². The lowest BCUT2D eigenvalue weighted by molar-refractivity contribution is -0.120. The van der Waals surface area contributed by atoms with Crippen molar-refractivity contribution in [2.24, 2.45) is 7.05 Å². The van der Waals surface area contributed by atoms with Gasteiger partial charge in [0, 0.05) is 29.5 Å². The summed E-state index contributed by atoms with van der Waals surface area (Å²) in [6, 6.07) is 9.94. The van der Waals surface area contributed by atoms with Crippen LogP contribution in [0.1, 0.15) is 22.5 Å². The first-order valence-electron chi connectivity index (χ1n) is 6.60. The van der Waals surface area contributed by atoms with E-state index < -0.39 is 0 Å². The normalized spacial score (nSPS) is 10.6. The summed E-state index contributed by atoms with van der Waals surface area (Å²) in [4.78, 5) is 11.9. The molecule has 20 heavy (non-hydrogen) atoms. The maximum absolute atomic E-state index is 11.9. The Morgan fingerprint density at radius 1 is 1.25 bits per heavy atom. The molecule has 1 aromatic heterocycles. The second kappa shape index (κ2) is 6.27. The molecule has 2 aromatic rings. The lowest BCUT2D eigenvalue weighted by Gasteiger charge is -2.06. The third-order valence-corrected chi connectivity index (χ3v) is 4.16. The third-order valence-electron chi connectivity index (χ3n) is 3.63. The van der Waals surface area contributed by atoms with Crippen LogP contribution < -0.4 is 5.32 Å². The predicted octanol–water partition coefficient (Wildman–Crippen LogP) is 3.26. The van der Waals surface area contributed by atoms with Gasteiger partial charge < -0.3 is 9.88 Å². The minimum Gasteiger partial charge on any atom is -0.352 e. The zero-order valence-corrected chi connectivity index (χ0v) is 13.6. The van der Waals surface area contributed by atoms with Crippen molar-refractivity contribution in [1.29, 1.82) is 0 Å². The van der Waals surface area contributed by atoms with E-state index in [1.54, 1.807) is 0 Å². The Morgan fingerprint density at radius 2 is 1.90 bits per heavy atom. The Balaban J connectivity index is 1.92. The number of aryl methyl sites for hydroxylation is 1. The molecule has 1 heterocycles. The van der Waals surface area contributed by atoms with Gasteiger partial charge in [-0.2, -0.15) is 0 Å². The number of aromatic nitrogens is 1. The maximum atomic E-state index is 11.9. The van der Waals surface area contributed by atoms with Gasteiger partial charge in [-0.1, -0.05) is 28.1 Å². The van der Waals surface area contributed by atoms with Gasteiger partial charge in [-0.05, 0) is 43.2 Å². The highest BCUT2D eigenvalue weighted by atomic mass is 79.9. The average molecular weight is 335 g/mol. The van der Waals surface area contributed by atoms with Gasteiger partial charge in [0.2, 0.25) is 5.91 Å². The summed E-state index contributed by atoms with van der Waals surface area (Å²) >= 11 is 3.39. The van der Waals surface area contributed by atoms with E-state index in [0.717, 1.165) is 10.0 Å². The van der Waals surface area contributed by atoms with E-state index in [0.29, 0.717) is 13.0 Å². The first kappa shape index (κ1) is 14.9. The molecule has 4 heteroatoms. The molecule has 0 aliphatic carbocycles. The van der Waals surface area contributed by atoms with Gasteiger partial charge in [-0.15, -0.1) is 0 Å². The molecule has 0 fully saturated rings. The summed E-state index contributed by atoms with van der Waals surface area (Å²) in [5.41, 5.74) is 4.60. The Kier molecular flexibility index (Phi) is 4.65. The van der Waals surface area contributed by atoms with E-state index in [1.165, 1.54) is 17.0 Å². The lowest BCUT2D eigenvalue weighted by Crippen LogP contribution is -2.24. The van der Waals surface area contributed by atoms with Crippen LogP contribution in [0.3, 0.4) is 0 Å². The van der Waals surface area contributed by atoms with Gasteiger partial charge in [0.05, 0.1) is 6.42 Å². The summed E-state index contributed by atoms with van der Waals surface area (Å²) in [5, 5.41) is 2.98. The Morgan fingerprint density at radius 3 is 2.45 bits per heavy atom. The predicted molar refractivity (Wildman–Crippen MR) is 84.6 cm³/mol. The molecule has 106 valence electrons. The number of hydrogen-bond acceptors (Lipinski definition) is 1. The van der Waals surface area contributed by atoms with Crippen molar-refractivity contribution in [3.8, 4) is 0 Å². The molecule has 0 saturated heterocycles. The molecule has 0 aliphatic rings. The quantitative estimate of drug-likeness (QED) is 0.914. The fourth-order valence-corrected chi connectivity index (χ4v) is 2.42. The molecule has 0 bridgehead atoms. The van der Waals surface area contributed by atoms with Crippen molar-refractivity contribution in [3.63, 3.8) is 0 Å². The first-order valence-corrected chi connectivity index (χ1v) is 7.39. The molecule has 0 spiro atoms. The number of hydrogen-bond donors (Lipinski definition) is 1. The van der Waals surface area contributed by atoms with E-state index in [4.69, 9.17) is 0 Å². The molecule has 0 unspecified atom stereocenters. The molecule has 0 atom stereocenters. The number of halogens is 1. The summed E-state index contributed by atoms with van der Waals surface area (Å²) in [7, 11) is 2.04.